The first-order valence-electron chi connectivity index (χ1n) is 6.37. The van der Waals surface area contributed by atoms with E-state index in [-0.39, 0.29) is 12.1 Å². The van der Waals surface area contributed by atoms with E-state index >= 15 is 0 Å². The van der Waals surface area contributed by atoms with E-state index in [0.29, 0.717) is 11.7 Å². The molecule has 3 heteroatoms. The quantitative estimate of drug-likeness (QED) is 0.750. The smallest absolute Gasteiger partial charge is 0.115 e. The topological polar surface area (TPSA) is 52.5 Å². The van der Waals surface area contributed by atoms with Crippen LogP contribution in [0.15, 0.2) is 24.3 Å². The first kappa shape index (κ1) is 12.4. The average molecular weight is 235 g/mol. The summed E-state index contributed by atoms with van der Waals surface area (Å²) in [6.45, 7) is 2.92. The maximum atomic E-state index is 9.74. The maximum absolute atomic E-state index is 9.74. The Morgan fingerprint density at radius 3 is 2.88 bits per heavy atom. The third-order valence-electron chi connectivity index (χ3n) is 3.68. The second kappa shape index (κ2) is 5.52. The highest BCUT2D eigenvalue weighted by Gasteiger charge is 2.25. The Labute approximate surface area is 102 Å². The molecule has 94 valence electrons. The molecule has 1 aliphatic rings. The Kier molecular flexibility index (Phi) is 4.02. The van der Waals surface area contributed by atoms with E-state index in [1.54, 1.807) is 12.1 Å². The maximum Gasteiger partial charge on any atom is 0.115 e. The summed E-state index contributed by atoms with van der Waals surface area (Å²) in [5.41, 5.74) is 1.08. The first-order chi connectivity index (χ1) is 8.16. The zero-order chi connectivity index (χ0) is 12.3. The van der Waals surface area contributed by atoms with Gasteiger partial charge in [0, 0.05) is 12.6 Å². The van der Waals surface area contributed by atoms with Gasteiger partial charge in [0.05, 0.1) is 6.10 Å². The molecule has 0 saturated heterocycles. The lowest BCUT2D eigenvalue weighted by Crippen LogP contribution is -2.29. The van der Waals surface area contributed by atoms with Crippen LogP contribution in [-0.4, -0.2) is 22.9 Å². The number of phenols is 1. The molecule has 1 fully saturated rings. The van der Waals surface area contributed by atoms with Crippen LogP contribution in [0.4, 0.5) is 0 Å². The number of hydrogen-bond donors (Lipinski definition) is 3. The Morgan fingerprint density at radius 2 is 2.24 bits per heavy atom. The Morgan fingerprint density at radius 1 is 1.41 bits per heavy atom. The van der Waals surface area contributed by atoms with Crippen molar-refractivity contribution >= 4 is 0 Å². The summed E-state index contributed by atoms with van der Waals surface area (Å²) in [4.78, 5) is 0. The van der Waals surface area contributed by atoms with Gasteiger partial charge in [-0.1, -0.05) is 18.6 Å². The molecule has 17 heavy (non-hydrogen) atoms. The van der Waals surface area contributed by atoms with Gasteiger partial charge in [0.2, 0.25) is 0 Å². The summed E-state index contributed by atoms with van der Waals surface area (Å²) in [5.74, 6) is 0.687. The predicted molar refractivity (Wildman–Crippen MR) is 67.9 cm³/mol. The van der Waals surface area contributed by atoms with Gasteiger partial charge in [-0.15, -0.1) is 0 Å². The fourth-order valence-corrected chi connectivity index (χ4v) is 2.50. The Bertz CT molecular complexity index is 367. The number of rotatable bonds is 4. The van der Waals surface area contributed by atoms with Gasteiger partial charge < -0.3 is 15.5 Å². The fraction of sp³-hybridized carbons (Fsp3) is 0.571. The predicted octanol–water partition coefficient (Wildman–Crippen LogP) is 2.20. The lowest BCUT2D eigenvalue weighted by molar-refractivity contribution is 0.130. The van der Waals surface area contributed by atoms with Crippen molar-refractivity contribution in [3.05, 3.63) is 29.8 Å². The summed E-state index contributed by atoms with van der Waals surface area (Å²) in [6, 6.07) is 7.52. The summed E-state index contributed by atoms with van der Waals surface area (Å²) >= 11 is 0. The molecule has 1 aromatic rings. The average Bonchev–Trinajstić information content (AvgIpc) is 2.72. The van der Waals surface area contributed by atoms with E-state index in [4.69, 9.17) is 0 Å². The number of hydrogen-bond acceptors (Lipinski definition) is 3. The van der Waals surface area contributed by atoms with E-state index in [1.807, 2.05) is 12.1 Å². The van der Waals surface area contributed by atoms with Gasteiger partial charge in [0.15, 0.2) is 0 Å². The number of nitrogens with one attached hydrogen (secondary N) is 1. The van der Waals surface area contributed by atoms with Gasteiger partial charge in [0.25, 0.3) is 0 Å². The highest BCUT2D eigenvalue weighted by molar-refractivity contribution is 5.28. The molecule has 3 unspecified atom stereocenters. The molecule has 3 atom stereocenters. The molecule has 0 amide bonds. The number of phenolic OH excluding ortho intramolecular Hbond substituents is 1. The van der Waals surface area contributed by atoms with Crippen molar-refractivity contribution < 1.29 is 10.2 Å². The molecule has 0 aliphatic heterocycles. The van der Waals surface area contributed by atoms with Crippen molar-refractivity contribution in [1.82, 2.24) is 5.32 Å². The number of benzene rings is 1. The molecular formula is C14H21NO2. The van der Waals surface area contributed by atoms with Crippen LogP contribution in [0.2, 0.25) is 0 Å². The van der Waals surface area contributed by atoms with Gasteiger partial charge in [-0.05, 0) is 43.4 Å². The largest absolute Gasteiger partial charge is 0.508 e. The molecule has 3 nitrogen and oxygen atoms in total. The number of aliphatic hydroxyl groups excluding tert-OH is 1. The van der Waals surface area contributed by atoms with Crippen LogP contribution < -0.4 is 5.32 Å². The molecule has 3 N–H and O–H groups in total. The first-order valence-corrected chi connectivity index (χ1v) is 6.37. The Balaban J connectivity index is 1.86. The van der Waals surface area contributed by atoms with E-state index in [2.05, 4.69) is 12.2 Å². The monoisotopic (exact) mass is 235 g/mol. The lowest BCUT2D eigenvalue weighted by atomic mass is 10.0. The van der Waals surface area contributed by atoms with Crippen LogP contribution in [0.3, 0.4) is 0 Å². The van der Waals surface area contributed by atoms with Crippen molar-refractivity contribution in [2.45, 2.75) is 38.3 Å². The molecular weight excluding hydrogens is 214 g/mol. The van der Waals surface area contributed by atoms with Crippen LogP contribution in [-0.2, 0) is 0 Å². The normalized spacial score (nSPS) is 26.0. The van der Waals surface area contributed by atoms with Crippen molar-refractivity contribution in [2.24, 2.45) is 5.92 Å². The molecule has 0 bridgehead atoms. The summed E-state index contributed by atoms with van der Waals surface area (Å²) in [7, 11) is 0. The highest BCUT2D eigenvalue weighted by Crippen LogP contribution is 2.26. The zero-order valence-electron chi connectivity index (χ0n) is 10.3. The van der Waals surface area contributed by atoms with Crippen LogP contribution >= 0.6 is 0 Å². The van der Waals surface area contributed by atoms with Gasteiger partial charge in [-0.2, -0.15) is 0 Å². The SMILES string of the molecule is CC(NCC1CCCC1O)c1cccc(O)c1. The summed E-state index contributed by atoms with van der Waals surface area (Å²) in [5, 5.41) is 22.6. The van der Waals surface area contributed by atoms with Crippen molar-refractivity contribution in [3.8, 4) is 5.75 Å². The molecule has 0 spiro atoms. The standard InChI is InChI=1S/C14H21NO2/c1-10(11-4-2-6-13(16)8-11)15-9-12-5-3-7-14(12)17/h2,4,6,8,10,12,14-17H,3,5,7,9H2,1H3. The molecule has 2 rings (SSSR count). The van der Waals surface area contributed by atoms with Crippen LogP contribution in [0.1, 0.15) is 37.8 Å². The lowest BCUT2D eigenvalue weighted by Gasteiger charge is -2.19. The minimum absolute atomic E-state index is 0.140. The summed E-state index contributed by atoms with van der Waals surface area (Å²) < 4.78 is 0. The Hall–Kier alpha value is -1.06. The minimum atomic E-state index is -0.140. The van der Waals surface area contributed by atoms with E-state index < -0.39 is 0 Å². The zero-order valence-corrected chi connectivity index (χ0v) is 10.3. The fourth-order valence-electron chi connectivity index (χ4n) is 2.50. The second-order valence-corrected chi connectivity index (χ2v) is 4.98. The van der Waals surface area contributed by atoms with Crippen LogP contribution in [0.5, 0.6) is 5.75 Å². The minimum Gasteiger partial charge on any atom is -0.508 e. The molecule has 0 heterocycles. The second-order valence-electron chi connectivity index (χ2n) is 4.98. The van der Waals surface area contributed by atoms with Crippen LogP contribution in [0.25, 0.3) is 0 Å². The van der Waals surface area contributed by atoms with Gasteiger partial charge in [-0.3, -0.25) is 0 Å². The van der Waals surface area contributed by atoms with E-state index in [0.717, 1.165) is 31.4 Å². The molecule has 1 aromatic carbocycles. The third kappa shape index (κ3) is 3.20. The summed E-state index contributed by atoms with van der Waals surface area (Å²) in [6.07, 6.45) is 3.04. The molecule has 0 aromatic heterocycles. The number of aliphatic hydroxyl groups is 1. The van der Waals surface area contributed by atoms with Crippen molar-refractivity contribution in [3.63, 3.8) is 0 Å². The number of aromatic hydroxyl groups is 1. The van der Waals surface area contributed by atoms with E-state index in [9.17, 15) is 10.2 Å². The van der Waals surface area contributed by atoms with Crippen molar-refractivity contribution in [1.29, 1.82) is 0 Å². The molecule has 1 aliphatic carbocycles. The van der Waals surface area contributed by atoms with E-state index in [1.165, 1.54) is 0 Å². The van der Waals surface area contributed by atoms with Gasteiger partial charge in [-0.25, -0.2) is 0 Å². The third-order valence-corrected chi connectivity index (χ3v) is 3.68. The van der Waals surface area contributed by atoms with Gasteiger partial charge >= 0.3 is 0 Å². The van der Waals surface area contributed by atoms with Crippen molar-refractivity contribution in [2.75, 3.05) is 6.54 Å². The molecule has 1 saturated carbocycles. The highest BCUT2D eigenvalue weighted by atomic mass is 16.3. The molecule has 0 radical (unpaired) electrons. The van der Waals surface area contributed by atoms with Crippen LogP contribution in [0, 0.1) is 5.92 Å². The van der Waals surface area contributed by atoms with Gasteiger partial charge in [0.1, 0.15) is 5.75 Å².